The Labute approximate surface area is 166 Å². The minimum atomic E-state index is -0.658. The predicted octanol–water partition coefficient (Wildman–Crippen LogP) is 2.28. The minimum absolute atomic E-state index is 0.0192. The largest absolute Gasteiger partial charge is 0.379 e. The van der Waals surface area contributed by atoms with E-state index in [0.717, 1.165) is 49.9 Å². The Morgan fingerprint density at radius 3 is 2.78 bits per heavy atom. The monoisotopic (exact) mass is 395 g/mol. The summed E-state index contributed by atoms with van der Waals surface area (Å²) in [6.45, 7) is 11.0. The van der Waals surface area contributed by atoms with Crippen LogP contribution in [0.2, 0.25) is 0 Å². The molecule has 2 aliphatic carbocycles. The van der Waals surface area contributed by atoms with Crippen LogP contribution in [0.1, 0.15) is 46.5 Å². The molecule has 27 heavy (non-hydrogen) atoms. The van der Waals surface area contributed by atoms with Gasteiger partial charge in [-0.05, 0) is 51.9 Å². The van der Waals surface area contributed by atoms with Crippen molar-refractivity contribution in [3.05, 3.63) is 0 Å². The van der Waals surface area contributed by atoms with E-state index < -0.39 is 10.3 Å². The number of hydrogen-bond donors (Lipinski definition) is 1. The third-order valence-corrected chi connectivity index (χ3v) is 8.55. The molecule has 1 unspecified atom stereocenters. The van der Waals surface area contributed by atoms with Crippen molar-refractivity contribution in [1.29, 1.82) is 0 Å². The highest BCUT2D eigenvalue weighted by atomic mass is 32.2. The normalized spacial score (nSPS) is 38.7. The average molecular weight is 396 g/mol. The Bertz CT molecular complexity index is 605. The molecule has 4 aliphatic rings. The summed E-state index contributed by atoms with van der Waals surface area (Å²) in [5.74, 6) is 1.60. The molecule has 0 radical (unpaired) electrons. The highest BCUT2D eigenvalue weighted by Crippen LogP contribution is 2.48. The van der Waals surface area contributed by atoms with Gasteiger partial charge in [0.15, 0.2) is 5.17 Å². The Balaban J connectivity index is 1.35. The van der Waals surface area contributed by atoms with E-state index in [2.05, 4.69) is 10.2 Å². The second-order valence-electron chi connectivity index (χ2n) is 9.08. The van der Waals surface area contributed by atoms with Crippen molar-refractivity contribution in [2.75, 3.05) is 39.5 Å². The number of rotatable bonds is 6. The van der Waals surface area contributed by atoms with Gasteiger partial charge in [0.05, 0.1) is 31.5 Å². The lowest BCUT2D eigenvalue weighted by Gasteiger charge is -2.38. The first-order valence-corrected chi connectivity index (χ1v) is 11.2. The van der Waals surface area contributed by atoms with Crippen molar-refractivity contribution in [1.82, 2.24) is 10.2 Å². The highest BCUT2D eigenvalue weighted by molar-refractivity contribution is 8.16. The van der Waals surface area contributed by atoms with Gasteiger partial charge in [0, 0.05) is 19.6 Å². The summed E-state index contributed by atoms with van der Waals surface area (Å²) in [5, 5.41) is 3.84. The van der Waals surface area contributed by atoms with Crippen LogP contribution in [0.5, 0.6) is 0 Å². The fraction of sp³-hybridized carbons (Fsp3) is 0.900. The number of carbonyl (C=O) groups excluding carboxylic acids is 1. The number of carbonyl (C=O) groups is 1. The van der Waals surface area contributed by atoms with Crippen molar-refractivity contribution >= 4 is 22.8 Å². The summed E-state index contributed by atoms with van der Waals surface area (Å²) in [6.07, 6.45) is 5.19. The number of fused-ring (bicyclic) bond motifs is 2. The molecule has 7 heteroatoms. The molecule has 1 N–H and O–H groups in total. The smallest absolute Gasteiger partial charge is 0.245 e. The standard InChI is InChI=1S/C20H33N3O3S/c1-19(2,26-11-8-23-6-9-25-10-7-23)20(3)17(24)22-18(27-20)21-16-13-14-4-5-15(16)12-14/h14-16H,4-13H2,1-3H3,(H,21,22,24)/t14-,15+,16+,20?/m1/s1. The summed E-state index contributed by atoms with van der Waals surface area (Å²) in [7, 11) is 0. The SMILES string of the molecule is CC(C)(OCCN1CCOCC1)C1(C)SC(=N[C@H]2C[C@@H]3CC[C@H]2C3)NC1=O. The molecule has 2 saturated carbocycles. The van der Waals surface area contributed by atoms with E-state index in [0.29, 0.717) is 12.6 Å². The minimum Gasteiger partial charge on any atom is -0.379 e. The third-order valence-electron chi connectivity index (χ3n) is 7.06. The molecular weight excluding hydrogens is 362 g/mol. The molecule has 0 aromatic carbocycles. The molecule has 0 aromatic heterocycles. The summed E-state index contributed by atoms with van der Waals surface area (Å²) < 4.78 is 11.0. The van der Waals surface area contributed by atoms with Crippen LogP contribution in [-0.2, 0) is 14.3 Å². The molecule has 0 aromatic rings. The van der Waals surface area contributed by atoms with Gasteiger partial charge in [0.2, 0.25) is 5.91 Å². The van der Waals surface area contributed by atoms with Crippen molar-refractivity contribution in [2.45, 2.75) is 62.8 Å². The number of aliphatic imine (C=N–C) groups is 1. The number of nitrogens with zero attached hydrogens (tertiary/aromatic N) is 2. The van der Waals surface area contributed by atoms with Gasteiger partial charge >= 0.3 is 0 Å². The number of thioether (sulfide) groups is 1. The molecule has 2 saturated heterocycles. The fourth-order valence-electron chi connectivity index (χ4n) is 4.85. The molecule has 1 amide bonds. The molecule has 4 rings (SSSR count). The van der Waals surface area contributed by atoms with E-state index in [1.807, 2.05) is 20.8 Å². The van der Waals surface area contributed by atoms with Gasteiger partial charge in [-0.25, -0.2) is 0 Å². The summed E-state index contributed by atoms with van der Waals surface area (Å²) in [5.41, 5.74) is -0.569. The molecular formula is C20H33N3O3S. The van der Waals surface area contributed by atoms with Crippen LogP contribution in [0, 0.1) is 11.8 Å². The number of amidine groups is 1. The Hall–Kier alpha value is -0.630. The number of morpholine rings is 1. The second-order valence-corrected chi connectivity index (χ2v) is 10.5. The Kier molecular flexibility index (Phi) is 5.58. The molecule has 152 valence electrons. The first-order chi connectivity index (χ1) is 12.9. The zero-order valence-electron chi connectivity index (χ0n) is 16.8. The zero-order chi connectivity index (χ0) is 19.1. The van der Waals surface area contributed by atoms with Gasteiger partial charge in [-0.3, -0.25) is 14.7 Å². The molecule has 4 atom stereocenters. The molecule has 2 bridgehead atoms. The number of amides is 1. The maximum Gasteiger partial charge on any atom is 0.245 e. The van der Waals surface area contributed by atoms with Gasteiger partial charge in [-0.1, -0.05) is 18.2 Å². The molecule has 4 fully saturated rings. The fourth-order valence-corrected chi connectivity index (χ4v) is 6.02. The van der Waals surface area contributed by atoms with Crippen molar-refractivity contribution < 1.29 is 14.3 Å². The maximum absolute atomic E-state index is 12.8. The van der Waals surface area contributed by atoms with Crippen LogP contribution in [0.25, 0.3) is 0 Å². The van der Waals surface area contributed by atoms with E-state index in [1.165, 1.54) is 25.7 Å². The van der Waals surface area contributed by atoms with Gasteiger partial charge in [-0.2, -0.15) is 0 Å². The van der Waals surface area contributed by atoms with E-state index in [1.54, 1.807) is 11.8 Å². The average Bonchev–Trinajstić information content (AvgIpc) is 3.32. The summed E-state index contributed by atoms with van der Waals surface area (Å²) in [4.78, 5) is 20.1. The van der Waals surface area contributed by atoms with Crippen molar-refractivity contribution in [3.8, 4) is 0 Å². The van der Waals surface area contributed by atoms with Crippen molar-refractivity contribution in [2.24, 2.45) is 16.8 Å². The molecule has 0 spiro atoms. The zero-order valence-corrected chi connectivity index (χ0v) is 17.6. The van der Waals surface area contributed by atoms with Crippen LogP contribution >= 0.6 is 11.8 Å². The van der Waals surface area contributed by atoms with Crippen LogP contribution in [0.15, 0.2) is 4.99 Å². The molecule has 2 aliphatic heterocycles. The lowest BCUT2D eigenvalue weighted by molar-refractivity contribution is -0.130. The van der Waals surface area contributed by atoms with Crippen LogP contribution in [-0.4, -0.2) is 71.8 Å². The van der Waals surface area contributed by atoms with E-state index in [-0.39, 0.29) is 5.91 Å². The third kappa shape index (κ3) is 3.93. The predicted molar refractivity (Wildman–Crippen MR) is 108 cm³/mol. The van der Waals surface area contributed by atoms with Crippen LogP contribution < -0.4 is 5.32 Å². The maximum atomic E-state index is 12.8. The molecule has 2 heterocycles. The topological polar surface area (TPSA) is 63.2 Å². The lowest BCUT2D eigenvalue weighted by atomic mass is 9.90. The van der Waals surface area contributed by atoms with E-state index in [9.17, 15) is 4.79 Å². The summed E-state index contributed by atoms with van der Waals surface area (Å²) in [6, 6.07) is 0.402. The lowest BCUT2D eigenvalue weighted by Crippen LogP contribution is -2.53. The van der Waals surface area contributed by atoms with E-state index >= 15 is 0 Å². The number of ether oxygens (including phenoxy) is 2. The van der Waals surface area contributed by atoms with Crippen LogP contribution in [0.4, 0.5) is 0 Å². The number of nitrogens with one attached hydrogen (secondary N) is 1. The second kappa shape index (κ2) is 7.65. The van der Waals surface area contributed by atoms with E-state index in [4.69, 9.17) is 14.5 Å². The van der Waals surface area contributed by atoms with Gasteiger partial charge in [-0.15, -0.1) is 0 Å². The quantitative estimate of drug-likeness (QED) is 0.748. The van der Waals surface area contributed by atoms with Gasteiger partial charge in [0.25, 0.3) is 0 Å². The Morgan fingerprint density at radius 2 is 2.11 bits per heavy atom. The summed E-state index contributed by atoms with van der Waals surface area (Å²) >= 11 is 1.56. The van der Waals surface area contributed by atoms with Gasteiger partial charge in [0.1, 0.15) is 4.75 Å². The van der Waals surface area contributed by atoms with Crippen molar-refractivity contribution in [3.63, 3.8) is 0 Å². The molecule has 6 nitrogen and oxygen atoms in total. The first-order valence-electron chi connectivity index (χ1n) is 10.4. The Morgan fingerprint density at radius 1 is 1.33 bits per heavy atom. The van der Waals surface area contributed by atoms with Crippen LogP contribution in [0.3, 0.4) is 0 Å². The first kappa shape index (κ1) is 19.7. The highest BCUT2D eigenvalue weighted by Gasteiger charge is 2.54. The van der Waals surface area contributed by atoms with Gasteiger partial charge < -0.3 is 14.8 Å². The number of hydrogen-bond acceptors (Lipinski definition) is 6.